The van der Waals surface area contributed by atoms with E-state index in [0.717, 1.165) is 0 Å². The Bertz CT molecular complexity index is 107. The van der Waals surface area contributed by atoms with Crippen molar-refractivity contribution in [2.75, 3.05) is 6.16 Å². The van der Waals surface area contributed by atoms with E-state index in [1.165, 1.54) is 6.08 Å². The molecule has 0 radical (unpaired) electrons. The molecule has 0 aliphatic rings. The van der Waals surface area contributed by atoms with Gasteiger partial charge in [-0.05, 0) is 0 Å². The van der Waals surface area contributed by atoms with Gasteiger partial charge in [0.1, 0.15) is 0 Å². The highest BCUT2D eigenvalue weighted by Gasteiger charge is 2.06. The maximum absolute atomic E-state index is 9.85. The van der Waals surface area contributed by atoms with E-state index in [1.54, 1.807) is 0 Å². The van der Waals surface area contributed by atoms with Crippen molar-refractivity contribution in [1.29, 1.82) is 0 Å². The Morgan fingerprint density at radius 2 is 2.00 bits per heavy atom. The van der Waals surface area contributed by atoms with Gasteiger partial charge in [0, 0.05) is 0 Å². The van der Waals surface area contributed by atoms with Gasteiger partial charge in [-0.15, -0.1) is 19.0 Å². The van der Waals surface area contributed by atoms with Crippen LogP contribution in [0.4, 0.5) is 0 Å². The van der Waals surface area contributed by atoms with Crippen molar-refractivity contribution in [3.05, 3.63) is 12.7 Å². The Morgan fingerprint density at radius 1 is 1.62 bits per heavy atom. The molecule has 0 saturated heterocycles. The lowest BCUT2D eigenvalue weighted by Gasteiger charge is -1.94. The van der Waals surface area contributed by atoms with Gasteiger partial charge in [0.15, 0.2) is 0 Å². The fourth-order valence-corrected chi connectivity index (χ4v) is 0.505. The minimum absolute atomic E-state index is 0. The minimum atomic E-state index is -3.78. The summed E-state index contributed by atoms with van der Waals surface area (Å²) in [6.07, 6.45) is 0.966. The lowest BCUT2D eigenvalue weighted by atomic mass is 10.8. The molecular weight excluding hydrogens is 150 g/mol. The number of hydrogen-bond donors (Lipinski definition) is 2. The first-order valence-electron chi connectivity index (χ1n) is 1.72. The molecule has 0 rings (SSSR count). The van der Waals surface area contributed by atoms with Gasteiger partial charge in [-0.25, -0.2) is 0 Å². The van der Waals surface area contributed by atoms with E-state index >= 15 is 0 Å². The van der Waals surface area contributed by atoms with Crippen LogP contribution in [0.3, 0.4) is 0 Å². The van der Waals surface area contributed by atoms with Crippen LogP contribution in [0.5, 0.6) is 0 Å². The summed E-state index contributed by atoms with van der Waals surface area (Å²) in [5.41, 5.74) is 0. The number of rotatable bonds is 2. The fraction of sp³-hybridized carbons (Fsp3) is 0.333. The molecule has 0 spiro atoms. The average Bonchev–Trinajstić information content (AvgIpc) is 1.30. The van der Waals surface area contributed by atoms with Crippen LogP contribution in [0, 0.1) is 0 Å². The lowest BCUT2D eigenvalue weighted by molar-refractivity contribution is 0.377. The molecule has 0 aromatic heterocycles. The van der Waals surface area contributed by atoms with Crippen molar-refractivity contribution >= 4 is 20.0 Å². The molecule has 0 fully saturated rings. The van der Waals surface area contributed by atoms with E-state index in [-0.39, 0.29) is 18.6 Å². The monoisotopic (exact) mass is 158 g/mol. The molecule has 0 amide bonds. The van der Waals surface area contributed by atoms with Crippen LogP contribution in [0.1, 0.15) is 0 Å². The first-order chi connectivity index (χ1) is 3.06. The summed E-state index contributed by atoms with van der Waals surface area (Å²) >= 11 is 0. The summed E-state index contributed by atoms with van der Waals surface area (Å²) in [7, 11) is -3.78. The van der Waals surface area contributed by atoms with Crippen LogP contribution in [-0.2, 0) is 4.57 Å². The molecule has 0 aliphatic heterocycles. The number of halogens is 1. The summed E-state index contributed by atoms with van der Waals surface area (Å²) in [6.45, 7) is 3.15. The van der Waals surface area contributed by atoms with Crippen molar-refractivity contribution in [2.24, 2.45) is 0 Å². The molecule has 0 aromatic carbocycles. The predicted octanol–water partition coefficient (Wildman–Crippen LogP) is 0.772. The topological polar surface area (TPSA) is 57.5 Å². The third-order valence-electron chi connectivity index (χ3n) is 0.367. The molecule has 0 aromatic rings. The van der Waals surface area contributed by atoms with E-state index < -0.39 is 7.60 Å². The van der Waals surface area contributed by atoms with Crippen molar-refractivity contribution in [3.63, 3.8) is 0 Å². The molecule has 5 heteroatoms. The maximum Gasteiger partial charge on any atom is 0.329 e. The Kier molecular flexibility index (Phi) is 5.66. The van der Waals surface area contributed by atoms with Crippen molar-refractivity contribution in [1.82, 2.24) is 0 Å². The molecule has 0 heterocycles. The molecule has 0 atom stereocenters. The second-order valence-electron chi connectivity index (χ2n) is 1.14. The summed E-state index contributed by atoms with van der Waals surface area (Å²) in [5, 5.41) is 0. The lowest BCUT2D eigenvalue weighted by Crippen LogP contribution is -1.78. The van der Waals surface area contributed by atoms with E-state index in [9.17, 15) is 4.57 Å². The molecule has 3 nitrogen and oxygen atoms in total. The van der Waals surface area contributed by atoms with Crippen LogP contribution in [0.25, 0.3) is 0 Å². The Morgan fingerprint density at radius 3 is 2.00 bits per heavy atom. The van der Waals surface area contributed by atoms with Gasteiger partial charge in [0.25, 0.3) is 0 Å². The predicted molar refractivity (Wildman–Crippen MR) is 34.4 cm³/mol. The second-order valence-corrected chi connectivity index (χ2v) is 2.83. The SMILES string of the molecule is C=CCP(=O)(O)O.Cl. The normalized spacial score (nSPS) is 9.75. The highest BCUT2D eigenvalue weighted by molar-refractivity contribution is 7.51. The standard InChI is InChI=1S/C3H7O3P.ClH/c1-2-3-7(4,5)6;/h2H,1,3H2,(H2,4,5,6);1H. The van der Waals surface area contributed by atoms with E-state index in [2.05, 4.69) is 6.58 Å². The minimum Gasteiger partial charge on any atom is -0.324 e. The summed E-state index contributed by atoms with van der Waals surface area (Å²) in [4.78, 5) is 16.1. The zero-order chi connectivity index (χ0) is 5.91. The Balaban J connectivity index is 0. The maximum atomic E-state index is 9.85. The summed E-state index contributed by atoms with van der Waals surface area (Å²) in [5.74, 6) is 0. The summed E-state index contributed by atoms with van der Waals surface area (Å²) < 4.78 is 9.85. The van der Waals surface area contributed by atoms with E-state index in [1.807, 2.05) is 0 Å². The van der Waals surface area contributed by atoms with Gasteiger partial charge in [-0.1, -0.05) is 6.08 Å². The first kappa shape index (κ1) is 11.0. The second kappa shape index (κ2) is 4.10. The van der Waals surface area contributed by atoms with Gasteiger partial charge in [-0.3, -0.25) is 4.57 Å². The van der Waals surface area contributed by atoms with E-state index in [0.29, 0.717) is 0 Å². The Labute approximate surface area is 54.0 Å². The molecular formula is C3H8ClO3P. The smallest absolute Gasteiger partial charge is 0.324 e. The van der Waals surface area contributed by atoms with Crippen LogP contribution in [0.2, 0.25) is 0 Å². The zero-order valence-electron chi connectivity index (χ0n) is 4.15. The van der Waals surface area contributed by atoms with Crippen molar-refractivity contribution in [2.45, 2.75) is 0 Å². The van der Waals surface area contributed by atoms with Crippen molar-refractivity contribution < 1.29 is 14.4 Å². The molecule has 2 N–H and O–H groups in total. The molecule has 0 bridgehead atoms. The van der Waals surface area contributed by atoms with Crippen LogP contribution >= 0.6 is 20.0 Å². The highest BCUT2D eigenvalue weighted by atomic mass is 35.5. The molecule has 0 saturated carbocycles. The van der Waals surface area contributed by atoms with Gasteiger partial charge in [0.05, 0.1) is 6.16 Å². The van der Waals surface area contributed by atoms with Gasteiger partial charge in [-0.2, -0.15) is 0 Å². The fourth-order valence-electron chi connectivity index (χ4n) is 0.168. The Hall–Kier alpha value is 0.180. The summed E-state index contributed by atoms with van der Waals surface area (Å²) in [6, 6.07) is 0. The zero-order valence-corrected chi connectivity index (χ0v) is 5.86. The largest absolute Gasteiger partial charge is 0.329 e. The molecule has 0 aliphatic carbocycles. The van der Waals surface area contributed by atoms with Gasteiger partial charge in [0.2, 0.25) is 0 Å². The van der Waals surface area contributed by atoms with Gasteiger partial charge >= 0.3 is 7.60 Å². The molecule has 50 valence electrons. The first-order valence-corrected chi connectivity index (χ1v) is 3.51. The van der Waals surface area contributed by atoms with E-state index in [4.69, 9.17) is 9.79 Å². The molecule has 0 unspecified atom stereocenters. The number of allylic oxidation sites excluding steroid dienone is 1. The van der Waals surface area contributed by atoms with Crippen LogP contribution in [-0.4, -0.2) is 15.9 Å². The highest BCUT2D eigenvalue weighted by Crippen LogP contribution is 2.33. The average molecular weight is 159 g/mol. The van der Waals surface area contributed by atoms with Crippen LogP contribution < -0.4 is 0 Å². The van der Waals surface area contributed by atoms with Gasteiger partial charge < -0.3 is 9.79 Å². The molecule has 8 heavy (non-hydrogen) atoms. The van der Waals surface area contributed by atoms with Crippen LogP contribution in [0.15, 0.2) is 12.7 Å². The third-order valence-corrected chi connectivity index (χ3v) is 1.10. The number of hydrogen-bond acceptors (Lipinski definition) is 1. The quantitative estimate of drug-likeness (QED) is 0.461. The third kappa shape index (κ3) is 9.49. The van der Waals surface area contributed by atoms with Crippen molar-refractivity contribution in [3.8, 4) is 0 Å².